The van der Waals surface area contributed by atoms with Crippen molar-refractivity contribution in [1.29, 1.82) is 0 Å². The molecule has 7 aliphatic rings. The number of amides is 1. The molecule has 0 aromatic heterocycles. The molecule has 5 heterocycles. The summed E-state index contributed by atoms with van der Waals surface area (Å²) in [5.41, 5.74) is -0.143. The highest BCUT2D eigenvalue weighted by atomic mass is 32.2. The van der Waals surface area contributed by atoms with Gasteiger partial charge in [-0.1, -0.05) is 0 Å². The number of hydrogen-bond donors (Lipinski definition) is 1. The highest BCUT2D eigenvalue weighted by molar-refractivity contribution is 7.99. The lowest BCUT2D eigenvalue weighted by Crippen LogP contribution is -2.43. The van der Waals surface area contributed by atoms with Gasteiger partial charge in [0.15, 0.2) is 0 Å². The van der Waals surface area contributed by atoms with E-state index in [1.807, 2.05) is 32.5 Å². The minimum atomic E-state index is -0.458. The molecule has 0 spiro atoms. The molecule has 6 unspecified atom stereocenters. The number of methoxy groups -OCH3 is 2. The van der Waals surface area contributed by atoms with Crippen molar-refractivity contribution in [3.63, 3.8) is 0 Å². The maximum atomic E-state index is 11.7. The second kappa shape index (κ2) is 12.4. The monoisotopic (exact) mass is 512 g/mol. The molecule has 0 radical (unpaired) electrons. The van der Waals surface area contributed by atoms with E-state index in [1.54, 1.807) is 19.1 Å². The Morgan fingerprint density at radius 1 is 1.03 bits per heavy atom. The van der Waals surface area contributed by atoms with Crippen LogP contribution in [0.1, 0.15) is 46.5 Å². The number of thioether (sulfide) groups is 1. The zero-order chi connectivity index (χ0) is 25.6. The Morgan fingerprint density at radius 2 is 1.66 bits per heavy atom. The number of aldehydes is 2. The molecular weight excluding hydrogens is 468 g/mol. The Balaban J connectivity index is 0.000000153. The molecule has 0 aromatic rings. The summed E-state index contributed by atoms with van der Waals surface area (Å²) in [6.07, 6.45) is 6.46. The third-order valence-corrected chi connectivity index (χ3v) is 8.95. The summed E-state index contributed by atoms with van der Waals surface area (Å²) in [6.45, 7) is 9.01. The summed E-state index contributed by atoms with van der Waals surface area (Å²) < 4.78 is 15.8. The van der Waals surface area contributed by atoms with Crippen molar-refractivity contribution in [2.24, 2.45) is 29.1 Å². The van der Waals surface area contributed by atoms with Crippen LogP contribution in [0.3, 0.4) is 0 Å². The quantitative estimate of drug-likeness (QED) is 0.543. The van der Waals surface area contributed by atoms with Crippen LogP contribution < -0.4 is 5.32 Å². The highest BCUT2D eigenvalue weighted by Crippen LogP contribution is 2.45. The Bertz CT molecular complexity index is 694. The van der Waals surface area contributed by atoms with Crippen LogP contribution >= 0.6 is 11.8 Å². The average Bonchev–Trinajstić information content (AvgIpc) is 3.55. The van der Waals surface area contributed by atoms with Gasteiger partial charge in [0, 0.05) is 50.1 Å². The van der Waals surface area contributed by atoms with E-state index >= 15 is 0 Å². The summed E-state index contributed by atoms with van der Waals surface area (Å²) in [4.78, 5) is 34.4. The number of fused-ring (bicyclic) bond motifs is 2. The van der Waals surface area contributed by atoms with Crippen LogP contribution in [-0.2, 0) is 23.8 Å². The van der Waals surface area contributed by atoms with Crippen LogP contribution in [0.15, 0.2) is 0 Å². The summed E-state index contributed by atoms with van der Waals surface area (Å²) >= 11 is 2.04. The predicted octanol–water partition coefficient (Wildman–Crippen LogP) is 3.03. The van der Waals surface area contributed by atoms with Gasteiger partial charge in [0.1, 0.15) is 18.2 Å². The zero-order valence-electron chi connectivity index (χ0n) is 22.0. The van der Waals surface area contributed by atoms with Crippen LogP contribution in [0, 0.1) is 29.1 Å². The molecule has 9 heteroatoms. The van der Waals surface area contributed by atoms with Gasteiger partial charge in [0.2, 0.25) is 0 Å². The van der Waals surface area contributed by atoms with Gasteiger partial charge in [-0.05, 0) is 76.3 Å². The third kappa shape index (κ3) is 6.99. The molecule has 4 bridgehead atoms. The molecule has 6 atom stereocenters. The van der Waals surface area contributed by atoms with E-state index in [2.05, 4.69) is 5.32 Å². The fraction of sp³-hybridized carbons (Fsp3) is 0.885. The van der Waals surface area contributed by atoms with E-state index < -0.39 is 5.60 Å². The van der Waals surface area contributed by atoms with Gasteiger partial charge in [-0.2, -0.15) is 11.8 Å². The molecule has 1 N–H and O–H groups in total. The lowest BCUT2D eigenvalue weighted by atomic mass is 9.75. The second-order valence-electron chi connectivity index (χ2n) is 11.6. The maximum absolute atomic E-state index is 11.7. The van der Waals surface area contributed by atoms with Gasteiger partial charge in [-0.3, -0.25) is 0 Å². The number of hydrogen-bond acceptors (Lipinski definition) is 8. The van der Waals surface area contributed by atoms with Crippen LogP contribution in [0.4, 0.5) is 4.79 Å². The van der Waals surface area contributed by atoms with Gasteiger partial charge < -0.3 is 34.0 Å². The van der Waals surface area contributed by atoms with Crippen molar-refractivity contribution in [3.05, 3.63) is 0 Å². The van der Waals surface area contributed by atoms with Gasteiger partial charge in [-0.25, -0.2) is 4.79 Å². The predicted molar refractivity (Wildman–Crippen MR) is 137 cm³/mol. The van der Waals surface area contributed by atoms with Crippen molar-refractivity contribution < 1.29 is 28.6 Å². The Hall–Kier alpha value is -1.16. The fourth-order valence-electron chi connectivity index (χ4n) is 5.86. The summed E-state index contributed by atoms with van der Waals surface area (Å²) in [5, 5.41) is 3.26. The van der Waals surface area contributed by atoms with E-state index in [-0.39, 0.29) is 18.1 Å². The molecule has 1 amide bonds. The first-order chi connectivity index (χ1) is 16.7. The second-order valence-corrected chi connectivity index (χ2v) is 12.8. The van der Waals surface area contributed by atoms with Crippen molar-refractivity contribution in [3.8, 4) is 0 Å². The first-order valence-electron chi connectivity index (χ1n) is 12.9. The van der Waals surface area contributed by atoms with Gasteiger partial charge in [0.25, 0.3) is 0 Å². The number of nitrogens with zero attached hydrogens (tertiary/aromatic N) is 1. The standard InChI is InChI=1S/C11H17NO3.C9H18O2S.C6H9NO/c1-11(2,3)15-10(14)12-5-7-4-9(12)8(7)6-13;1-10-7-9(8-11-2)3-5-12-6-4-9;8-3-5-4-1-6(5)7-2-4/h6-9H,4-5H2,1-3H3;3-8H2,1-2H3;3-7H,1-2H2. The minimum Gasteiger partial charge on any atom is -0.444 e. The van der Waals surface area contributed by atoms with Crippen molar-refractivity contribution >= 4 is 30.4 Å². The van der Waals surface area contributed by atoms with E-state index in [9.17, 15) is 14.4 Å². The Kier molecular flexibility index (Phi) is 10.1. The van der Waals surface area contributed by atoms with Crippen LogP contribution in [0.5, 0.6) is 0 Å². The topological polar surface area (TPSA) is 94.2 Å². The number of carbonyl (C=O) groups is 3. The summed E-state index contributed by atoms with van der Waals surface area (Å²) in [6, 6.07) is 0.653. The minimum absolute atomic E-state index is 0.0533. The number of nitrogens with one attached hydrogen (secondary N) is 1. The Labute approximate surface area is 214 Å². The van der Waals surface area contributed by atoms with Crippen molar-refractivity contribution in [2.45, 2.75) is 64.1 Å². The first kappa shape index (κ1) is 28.4. The zero-order valence-corrected chi connectivity index (χ0v) is 22.8. The molecule has 2 aliphatic carbocycles. The lowest BCUT2D eigenvalue weighted by Gasteiger charge is -2.35. The van der Waals surface area contributed by atoms with Crippen LogP contribution in [-0.4, -0.2) is 93.3 Å². The largest absolute Gasteiger partial charge is 0.444 e. The SMILES string of the molecule is CC(C)(C)OC(=O)N1CC2CC1C2C=O.COCC1(COC)CCSCC1.O=CC1C2CNC1C2. The molecule has 8 nitrogen and oxygen atoms in total. The van der Waals surface area contributed by atoms with Gasteiger partial charge >= 0.3 is 6.09 Å². The van der Waals surface area contributed by atoms with E-state index in [0.29, 0.717) is 35.8 Å². The Morgan fingerprint density at radius 3 is 2.06 bits per heavy atom. The van der Waals surface area contributed by atoms with Crippen molar-refractivity contribution in [1.82, 2.24) is 10.2 Å². The lowest BCUT2D eigenvalue weighted by molar-refractivity contribution is -0.115. The molecule has 7 rings (SSSR count). The number of ether oxygens (including phenoxy) is 3. The number of carbonyl (C=O) groups excluding carboxylic acids is 3. The maximum Gasteiger partial charge on any atom is 0.410 e. The van der Waals surface area contributed by atoms with Crippen LogP contribution in [0.25, 0.3) is 0 Å². The van der Waals surface area contributed by atoms with Crippen molar-refractivity contribution in [2.75, 3.05) is 52.0 Å². The smallest absolute Gasteiger partial charge is 0.410 e. The van der Waals surface area contributed by atoms with E-state index in [1.165, 1.54) is 30.8 Å². The first-order valence-corrected chi connectivity index (χ1v) is 14.0. The van der Waals surface area contributed by atoms with Gasteiger partial charge in [-0.15, -0.1) is 0 Å². The molecular formula is C26H44N2O6S. The van der Waals surface area contributed by atoms with Crippen LogP contribution in [0.2, 0.25) is 0 Å². The average molecular weight is 513 g/mol. The molecule has 35 heavy (non-hydrogen) atoms. The van der Waals surface area contributed by atoms with Gasteiger partial charge in [0.05, 0.1) is 13.2 Å². The molecule has 5 saturated heterocycles. The van der Waals surface area contributed by atoms with E-state index in [0.717, 1.165) is 38.8 Å². The molecule has 200 valence electrons. The fourth-order valence-corrected chi connectivity index (χ4v) is 7.22. The number of rotatable bonds is 6. The molecule has 5 aliphatic heterocycles. The summed E-state index contributed by atoms with van der Waals surface area (Å²) in [7, 11) is 3.55. The van der Waals surface area contributed by atoms with E-state index in [4.69, 9.17) is 14.2 Å². The molecule has 0 aromatic carbocycles. The highest BCUT2D eigenvalue weighted by Gasteiger charge is 2.54. The third-order valence-electron chi connectivity index (χ3n) is 7.97. The molecule has 7 fully saturated rings. The normalized spacial score (nSPS) is 33.7. The summed E-state index contributed by atoms with van der Waals surface area (Å²) in [5.74, 6) is 4.00. The molecule has 2 saturated carbocycles.